The molecule has 0 aromatic carbocycles. The first kappa shape index (κ1) is 19.0. The van der Waals surface area contributed by atoms with Gasteiger partial charge >= 0.3 is 11.9 Å². The first-order chi connectivity index (χ1) is 6.32. The normalized spacial score (nSPS) is 7.40. The van der Waals surface area contributed by atoms with Gasteiger partial charge in [0.25, 0.3) is 0 Å². The third-order valence-electron chi connectivity index (χ3n) is 0.989. The summed E-state index contributed by atoms with van der Waals surface area (Å²) in [7, 11) is 0. The molecule has 0 unspecified atom stereocenters. The van der Waals surface area contributed by atoms with Crippen LogP contribution in [0.4, 0.5) is 0 Å². The van der Waals surface area contributed by atoms with Gasteiger partial charge in [0, 0.05) is 11.1 Å². The Labute approximate surface area is 90.0 Å². The first-order valence-electron chi connectivity index (χ1n) is 4.04. The van der Waals surface area contributed by atoms with Crippen LogP contribution in [0.1, 0.15) is 20.8 Å². The highest BCUT2D eigenvalue weighted by Gasteiger charge is 1.98. The van der Waals surface area contributed by atoms with E-state index in [1.165, 1.54) is 6.92 Å². The summed E-state index contributed by atoms with van der Waals surface area (Å²) in [5.74, 6) is -1.25. The number of carboxylic acids is 1. The van der Waals surface area contributed by atoms with E-state index in [1.807, 2.05) is 0 Å². The summed E-state index contributed by atoms with van der Waals surface area (Å²) >= 11 is 0. The number of carboxylic acid groups (broad SMARTS) is 1. The van der Waals surface area contributed by atoms with Crippen molar-refractivity contribution in [2.45, 2.75) is 20.8 Å². The van der Waals surface area contributed by atoms with Crippen molar-refractivity contribution in [2.24, 2.45) is 0 Å². The smallest absolute Gasteiger partial charge is 0.333 e. The molecule has 0 aliphatic heterocycles. The summed E-state index contributed by atoms with van der Waals surface area (Å²) < 4.78 is 4.56. The van der Waals surface area contributed by atoms with Crippen molar-refractivity contribution in [3.8, 4) is 0 Å². The molecule has 0 heterocycles. The number of hydrogen-bond acceptors (Lipinski definition) is 4. The molecule has 0 saturated heterocycles. The number of carbonyl (C=O) groups is 2. The Morgan fingerprint density at radius 2 is 1.53 bits per heavy atom. The SMILES string of the molecule is C=C(C)C(=O)O.C=C(C)C(=O)OCC.N. The zero-order chi connectivity index (χ0) is 11.7. The highest BCUT2D eigenvalue weighted by atomic mass is 16.5. The Hall–Kier alpha value is -1.62. The average Bonchev–Trinajstić information content (AvgIpc) is 2.05. The minimum absolute atomic E-state index is 0. The summed E-state index contributed by atoms with van der Waals surface area (Å²) in [4.78, 5) is 20.0. The van der Waals surface area contributed by atoms with Crippen molar-refractivity contribution < 1.29 is 19.4 Å². The van der Waals surface area contributed by atoms with Gasteiger partial charge in [0.15, 0.2) is 0 Å². The van der Waals surface area contributed by atoms with Crippen LogP contribution < -0.4 is 6.15 Å². The molecule has 0 saturated carbocycles. The largest absolute Gasteiger partial charge is 0.478 e. The van der Waals surface area contributed by atoms with Gasteiger partial charge in [0.1, 0.15) is 0 Å². The van der Waals surface area contributed by atoms with Gasteiger partial charge in [-0.05, 0) is 20.8 Å². The molecule has 0 aromatic heterocycles. The van der Waals surface area contributed by atoms with E-state index in [1.54, 1.807) is 13.8 Å². The van der Waals surface area contributed by atoms with Crippen LogP contribution in [0.5, 0.6) is 0 Å². The molecule has 0 radical (unpaired) electrons. The fourth-order valence-electron chi connectivity index (χ4n) is 0.254. The zero-order valence-corrected chi connectivity index (χ0v) is 9.50. The molecule has 0 fully saturated rings. The number of rotatable bonds is 3. The number of hydrogen-bond donors (Lipinski definition) is 2. The topological polar surface area (TPSA) is 98.6 Å². The van der Waals surface area contributed by atoms with E-state index in [2.05, 4.69) is 17.9 Å². The van der Waals surface area contributed by atoms with Gasteiger partial charge in [-0.3, -0.25) is 0 Å². The lowest BCUT2D eigenvalue weighted by Crippen LogP contribution is -2.03. The van der Waals surface area contributed by atoms with Crippen molar-refractivity contribution >= 4 is 11.9 Å². The molecule has 0 rings (SSSR count). The highest BCUT2D eigenvalue weighted by molar-refractivity contribution is 5.86. The minimum atomic E-state index is -0.935. The van der Waals surface area contributed by atoms with Crippen LogP contribution in [0.2, 0.25) is 0 Å². The lowest BCUT2D eigenvalue weighted by atomic mass is 10.4. The predicted octanol–water partition coefficient (Wildman–Crippen LogP) is 1.93. The zero-order valence-electron chi connectivity index (χ0n) is 9.50. The van der Waals surface area contributed by atoms with Crippen molar-refractivity contribution in [1.82, 2.24) is 6.15 Å². The molecule has 0 amide bonds. The van der Waals surface area contributed by atoms with Gasteiger partial charge in [0.05, 0.1) is 6.61 Å². The van der Waals surface area contributed by atoms with Crippen molar-refractivity contribution in [3.05, 3.63) is 24.3 Å². The standard InChI is InChI=1S/C6H10O2.C4H6O2.H3N/c1-4-8-6(7)5(2)3;1-3(2)4(5)6;/h2,4H2,1,3H3;1H2,2H3,(H,5,6);1H3. The number of carbonyl (C=O) groups excluding carboxylic acids is 1. The summed E-state index contributed by atoms with van der Waals surface area (Å²) in [6, 6.07) is 0. The van der Waals surface area contributed by atoms with E-state index in [-0.39, 0.29) is 17.7 Å². The maximum Gasteiger partial charge on any atom is 0.333 e. The molecule has 5 nitrogen and oxygen atoms in total. The van der Waals surface area contributed by atoms with Crippen LogP contribution in [-0.4, -0.2) is 23.7 Å². The maximum absolute atomic E-state index is 10.4. The molecule has 0 aliphatic carbocycles. The molecule has 4 N–H and O–H groups in total. The molecule has 0 aromatic rings. The first-order valence-corrected chi connectivity index (χ1v) is 4.04. The second-order valence-corrected chi connectivity index (χ2v) is 2.59. The molecular weight excluding hydrogens is 198 g/mol. The number of esters is 1. The Morgan fingerprint density at radius 3 is 1.60 bits per heavy atom. The van der Waals surface area contributed by atoms with Crippen LogP contribution >= 0.6 is 0 Å². The van der Waals surface area contributed by atoms with Gasteiger partial charge in [-0.25, -0.2) is 9.59 Å². The minimum Gasteiger partial charge on any atom is -0.478 e. The summed E-state index contributed by atoms with van der Waals surface area (Å²) in [5, 5.41) is 7.89. The molecule has 15 heavy (non-hydrogen) atoms. The molecule has 0 aliphatic rings. The summed E-state index contributed by atoms with van der Waals surface area (Å²) in [6.07, 6.45) is 0. The summed E-state index contributed by atoms with van der Waals surface area (Å²) in [6.45, 7) is 11.8. The highest BCUT2D eigenvalue weighted by Crippen LogP contribution is 1.89. The van der Waals surface area contributed by atoms with E-state index in [0.29, 0.717) is 12.2 Å². The fourth-order valence-corrected chi connectivity index (χ4v) is 0.254. The van der Waals surface area contributed by atoms with Crippen LogP contribution in [0.3, 0.4) is 0 Å². The van der Waals surface area contributed by atoms with Gasteiger partial charge < -0.3 is 16.0 Å². The Kier molecular flexibility index (Phi) is 13.3. The second kappa shape index (κ2) is 10.5. The third-order valence-corrected chi connectivity index (χ3v) is 0.989. The van der Waals surface area contributed by atoms with Gasteiger partial charge in [-0.1, -0.05) is 13.2 Å². The van der Waals surface area contributed by atoms with Crippen LogP contribution in [0, 0.1) is 0 Å². The molecular formula is C10H19NO4. The number of ether oxygens (including phenoxy) is 1. The van der Waals surface area contributed by atoms with Gasteiger partial charge in [-0.15, -0.1) is 0 Å². The third kappa shape index (κ3) is 15.2. The monoisotopic (exact) mass is 217 g/mol. The van der Waals surface area contributed by atoms with Gasteiger partial charge in [0.2, 0.25) is 0 Å². The van der Waals surface area contributed by atoms with E-state index < -0.39 is 5.97 Å². The van der Waals surface area contributed by atoms with Crippen molar-refractivity contribution in [1.29, 1.82) is 0 Å². The molecule has 5 heteroatoms. The van der Waals surface area contributed by atoms with Crippen LogP contribution in [-0.2, 0) is 14.3 Å². The van der Waals surface area contributed by atoms with Crippen LogP contribution in [0.25, 0.3) is 0 Å². The molecule has 88 valence electrons. The maximum atomic E-state index is 10.4. The molecule has 0 bridgehead atoms. The van der Waals surface area contributed by atoms with E-state index in [4.69, 9.17) is 5.11 Å². The quantitative estimate of drug-likeness (QED) is 0.556. The predicted molar refractivity (Wildman–Crippen MR) is 58.9 cm³/mol. The van der Waals surface area contributed by atoms with Crippen molar-refractivity contribution in [2.75, 3.05) is 6.61 Å². The lowest BCUT2D eigenvalue weighted by Gasteiger charge is -1.96. The van der Waals surface area contributed by atoms with E-state index >= 15 is 0 Å². The van der Waals surface area contributed by atoms with Crippen molar-refractivity contribution in [3.63, 3.8) is 0 Å². The van der Waals surface area contributed by atoms with Crippen LogP contribution in [0.15, 0.2) is 24.3 Å². The second-order valence-electron chi connectivity index (χ2n) is 2.59. The van der Waals surface area contributed by atoms with E-state index in [9.17, 15) is 9.59 Å². The lowest BCUT2D eigenvalue weighted by molar-refractivity contribution is -0.138. The van der Waals surface area contributed by atoms with Gasteiger partial charge in [-0.2, -0.15) is 0 Å². The summed E-state index contributed by atoms with van der Waals surface area (Å²) in [5.41, 5.74) is 0.627. The Balaban J connectivity index is -0.000000187. The molecule has 0 atom stereocenters. The Morgan fingerprint density at radius 1 is 1.20 bits per heavy atom. The average molecular weight is 217 g/mol. The number of aliphatic carboxylic acids is 1. The Bertz CT molecular complexity index is 234. The molecule has 0 spiro atoms. The van der Waals surface area contributed by atoms with E-state index in [0.717, 1.165) is 0 Å². The fraction of sp³-hybridized carbons (Fsp3) is 0.400.